The zero-order valence-corrected chi connectivity index (χ0v) is 17.4. The molecule has 0 atom stereocenters. The van der Waals surface area contributed by atoms with Crippen molar-refractivity contribution in [2.75, 3.05) is 7.11 Å². The Labute approximate surface area is 183 Å². The molecular weight excluding hydrogens is 425 g/mol. The standard InChI is InChI=1S/C23H17Cl2NO4/c1-29-21-13-16(14-26-18-6-8-19(27)9-7-18)12-20(25)23(21)30-22(28)10-5-15-3-2-4-17(24)11-15/h2-14,27H,1H3/b10-5+,26-14?. The molecule has 0 aliphatic carbocycles. The lowest BCUT2D eigenvalue weighted by molar-refractivity contribution is -0.129. The number of esters is 1. The van der Waals surface area contributed by atoms with Crippen molar-refractivity contribution in [3.63, 3.8) is 0 Å². The highest BCUT2D eigenvalue weighted by molar-refractivity contribution is 6.32. The second-order valence-electron chi connectivity index (χ2n) is 6.12. The molecule has 0 radical (unpaired) electrons. The van der Waals surface area contributed by atoms with Gasteiger partial charge in [0.05, 0.1) is 17.8 Å². The Morgan fingerprint density at radius 3 is 2.50 bits per heavy atom. The maximum atomic E-state index is 12.2. The number of phenols is 1. The Bertz CT molecular complexity index is 1110. The molecule has 0 aliphatic rings. The van der Waals surface area contributed by atoms with Gasteiger partial charge in [-0.3, -0.25) is 4.99 Å². The number of carbonyl (C=O) groups is 1. The van der Waals surface area contributed by atoms with E-state index in [9.17, 15) is 9.90 Å². The molecule has 5 nitrogen and oxygen atoms in total. The van der Waals surface area contributed by atoms with Gasteiger partial charge in [-0.05, 0) is 65.7 Å². The fourth-order valence-electron chi connectivity index (χ4n) is 2.51. The average Bonchev–Trinajstić information content (AvgIpc) is 2.73. The second kappa shape index (κ2) is 9.96. The lowest BCUT2D eigenvalue weighted by atomic mass is 10.2. The summed E-state index contributed by atoms with van der Waals surface area (Å²) in [5.41, 5.74) is 2.07. The number of carbonyl (C=O) groups excluding carboxylic acids is 1. The Balaban J connectivity index is 1.76. The van der Waals surface area contributed by atoms with Crippen LogP contribution in [0.15, 0.2) is 71.7 Å². The molecular formula is C23H17Cl2NO4. The van der Waals surface area contributed by atoms with E-state index in [0.29, 0.717) is 22.0 Å². The zero-order valence-electron chi connectivity index (χ0n) is 15.9. The highest BCUT2D eigenvalue weighted by Crippen LogP contribution is 2.36. The number of ether oxygens (including phenoxy) is 2. The molecule has 30 heavy (non-hydrogen) atoms. The van der Waals surface area contributed by atoms with Gasteiger partial charge in [0.1, 0.15) is 5.75 Å². The molecule has 0 saturated carbocycles. The number of hydrogen-bond acceptors (Lipinski definition) is 5. The van der Waals surface area contributed by atoms with Crippen LogP contribution < -0.4 is 9.47 Å². The second-order valence-corrected chi connectivity index (χ2v) is 6.96. The van der Waals surface area contributed by atoms with E-state index in [1.807, 2.05) is 6.07 Å². The third-order valence-electron chi connectivity index (χ3n) is 3.93. The summed E-state index contributed by atoms with van der Waals surface area (Å²) in [5, 5.41) is 10.1. The van der Waals surface area contributed by atoms with Gasteiger partial charge in [0.25, 0.3) is 0 Å². The van der Waals surface area contributed by atoms with Gasteiger partial charge in [-0.25, -0.2) is 4.79 Å². The van der Waals surface area contributed by atoms with E-state index >= 15 is 0 Å². The van der Waals surface area contributed by atoms with Crippen molar-refractivity contribution in [1.82, 2.24) is 0 Å². The van der Waals surface area contributed by atoms with E-state index in [1.165, 1.54) is 13.2 Å². The van der Waals surface area contributed by atoms with Crippen LogP contribution in [0, 0.1) is 0 Å². The third kappa shape index (κ3) is 5.86. The van der Waals surface area contributed by atoms with Crippen LogP contribution in [0.3, 0.4) is 0 Å². The van der Waals surface area contributed by atoms with E-state index in [1.54, 1.807) is 66.9 Å². The first-order valence-corrected chi connectivity index (χ1v) is 9.56. The molecule has 3 rings (SSSR count). The summed E-state index contributed by atoms with van der Waals surface area (Å²) in [6.45, 7) is 0. The minimum absolute atomic E-state index is 0.113. The highest BCUT2D eigenvalue weighted by Gasteiger charge is 2.14. The predicted molar refractivity (Wildman–Crippen MR) is 119 cm³/mol. The normalized spacial score (nSPS) is 11.2. The lowest BCUT2D eigenvalue weighted by Crippen LogP contribution is -2.06. The fourth-order valence-corrected chi connectivity index (χ4v) is 2.97. The van der Waals surface area contributed by atoms with Crippen LogP contribution in [0.1, 0.15) is 11.1 Å². The van der Waals surface area contributed by atoms with Gasteiger partial charge < -0.3 is 14.6 Å². The molecule has 0 aliphatic heterocycles. The molecule has 7 heteroatoms. The summed E-state index contributed by atoms with van der Waals surface area (Å²) >= 11 is 12.2. The smallest absolute Gasteiger partial charge is 0.336 e. The number of rotatable bonds is 6. The number of halogens is 2. The van der Waals surface area contributed by atoms with Crippen LogP contribution in [-0.4, -0.2) is 24.4 Å². The van der Waals surface area contributed by atoms with E-state index in [4.69, 9.17) is 32.7 Å². The van der Waals surface area contributed by atoms with E-state index in [0.717, 1.165) is 5.56 Å². The molecule has 0 spiro atoms. The van der Waals surface area contributed by atoms with E-state index in [-0.39, 0.29) is 16.5 Å². The van der Waals surface area contributed by atoms with Gasteiger partial charge in [0, 0.05) is 17.3 Å². The topological polar surface area (TPSA) is 68.1 Å². The molecule has 0 unspecified atom stereocenters. The summed E-state index contributed by atoms with van der Waals surface area (Å²) in [5.74, 6) is -0.0456. The fraction of sp³-hybridized carbons (Fsp3) is 0.0435. The summed E-state index contributed by atoms with van der Waals surface area (Å²) in [6.07, 6.45) is 4.46. The van der Waals surface area contributed by atoms with Gasteiger partial charge >= 0.3 is 5.97 Å². The lowest BCUT2D eigenvalue weighted by Gasteiger charge is -2.11. The summed E-state index contributed by atoms with van der Waals surface area (Å²) in [4.78, 5) is 16.5. The highest BCUT2D eigenvalue weighted by atomic mass is 35.5. The Morgan fingerprint density at radius 1 is 1.03 bits per heavy atom. The quantitative estimate of drug-likeness (QED) is 0.218. The number of phenolic OH excluding ortho intramolecular Hbond substituents is 1. The van der Waals surface area contributed by atoms with Crippen LogP contribution in [-0.2, 0) is 4.79 Å². The molecule has 152 valence electrons. The molecule has 0 bridgehead atoms. The maximum Gasteiger partial charge on any atom is 0.336 e. The van der Waals surface area contributed by atoms with Crippen LogP contribution >= 0.6 is 23.2 Å². The number of methoxy groups -OCH3 is 1. The van der Waals surface area contributed by atoms with Gasteiger partial charge in [-0.1, -0.05) is 35.3 Å². The Kier molecular flexibility index (Phi) is 7.12. The molecule has 0 amide bonds. The largest absolute Gasteiger partial charge is 0.508 e. The van der Waals surface area contributed by atoms with Crippen molar-refractivity contribution in [2.24, 2.45) is 4.99 Å². The van der Waals surface area contributed by atoms with Crippen LogP contribution in [0.25, 0.3) is 6.08 Å². The van der Waals surface area contributed by atoms with Crippen molar-refractivity contribution < 1.29 is 19.4 Å². The molecule has 3 aromatic rings. The minimum atomic E-state index is -0.610. The number of aliphatic imine (C=N–C) groups is 1. The predicted octanol–water partition coefficient (Wildman–Crippen LogP) is 6.08. The number of nitrogens with zero attached hydrogens (tertiary/aromatic N) is 1. The van der Waals surface area contributed by atoms with Crippen molar-refractivity contribution in [1.29, 1.82) is 0 Å². The van der Waals surface area contributed by atoms with Crippen LogP contribution in [0.4, 0.5) is 5.69 Å². The van der Waals surface area contributed by atoms with Gasteiger partial charge in [0.15, 0.2) is 11.5 Å². The Morgan fingerprint density at radius 2 is 1.80 bits per heavy atom. The van der Waals surface area contributed by atoms with E-state index in [2.05, 4.69) is 4.99 Å². The number of benzene rings is 3. The van der Waals surface area contributed by atoms with Crippen molar-refractivity contribution in [3.8, 4) is 17.2 Å². The summed E-state index contributed by atoms with van der Waals surface area (Å²) in [6, 6.07) is 16.8. The monoisotopic (exact) mass is 441 g/mol. The van der Waals surface area contributed by atoms with Gasteiger partial charge in [0.2, 0.25) is 0 Å². The minimum Gasteiger partial charge on any atom is -0.508 e. The summed E-state index contributed by atoms with van der Waals surface area (Å²) in [7, 11) is 1.45. The SMILES string of the molecule is COc1cc(C=Nc2ccc(O)cc2)cc(Cl)c1OC(=O)/C=C/c1cccc(Cl)c1. The number of hydrogen-bond donors (Lipinski definition) is 1. The maximum absolute atomic E-state index is 12.2. The molecule has 0 saturated heterocycles. The molecule has 1 N–H and O–H groups in total. The van der Waals surface area contributed by atoms with Crippen molar-refractivity contribution in [2.45, 2.75) is 0 Å². The average molecular weight is 442 g/mol. The summed E-state index contributed by atoms with van der Waals surface area (Å²) < 4.78 is 10.7. The molecule has 3 aromatic carbocycles. The van der Waals surface area contributed by atoms with E-state index < -0.39 is 5.97 Å². The first kappa shape index (κ1) is 21.4. The van der Waals surface area contributed by atoms with Gasteiger partial charge in [-0.2, -0.15) is 0 Å². The first-order valence-electron chi connectivity index (χ1n) is 8.80. The van der Waals surface area contributed by atoms with Crippen molar-refractivity contribution >= 4 is 47.1 Å². The third-order valence-corrected chi connectivity index (χ3v) is 4.44. The van der Waals surface area contributed by atoms with Crippen LogP contribution in [0.5, 0.6) is 17.2 Å². The first-order chi connectivity index (χ1) is 14.4. The zero-order chi connectivity index (χ0) is 21.5. The van der Waals surface area contributed by atoms with Gasteiger partial charge in [-0.15, -0.1) is 0 Å². The molecule has 0 aromatic heterocycles. The number of aromatic hydroxyl groups is 1. The molecule has 0 heterocycles. The molecule has 0 fully saturated rings. The van der Waals surface area contributed by atoms with Crippen molar-refractivity contribution in [3.05, 3.63) is 87.9 Å². The van der Waals surface area contributed by atoms with Crippen LogP contribution in [0.2, 0.25) is 10.0 Å². The Hall–Kier alpha value is -3.28.